The van der Waals surface area contributed by atoms with Crippen LogP contribution in [0.3, 0.4) is 0 Å². The van der Waals surface area contributed by atoms with Crippen LogP contribution in [0.1, 0.15) is 33.6 Å². The second kappa shape index (κ2) is 5.28. The van der Waals surface area contributed by atoms with Crippen molar-refractivity contribution in [1.29, 1.82) is 0 Å². The number of hydrogen-bond acceptors (Lipinski definition) is 0. The van der Waals surface area contributed by atoms with Crippen LogP contribution in [0, 0.1) is 5.92 Å². The third-order valence-electron chi connectivity index (χ3n) is 4.35. The summed E-state index contributed by atoms with van der Waals surface area (Å²) in [5.74, 6) is 0.509. The van der Waals surface area contributed by atoms with Crippen molar-refractivity contribution >= 4 is 0 Å². The third kappa shape index (κ3) is 1.83. The summed E-state index contributed by atoms with van der Waals surface area (Å²) >= 11 is 0. The van der Waals surface area contributed by atoms with Crippen LogP contribution in [0.4, 0.5) is 0 Å². The highest BCUT2D eigenvalue weighted by atomic mass is 14.4. The van der Waals surface area contributed by atoms with Crippen molar-refractivity contribution in [3.8, 4) is 0 Å². The molecule has 4 rings (SSSR count). The Morgan fingerprint density at radius 1 is 1.10 bits per heavy atom. The molecule has 0 aromatic carbocycles. The minimum atomic E-state index is 0.509. The Kier molecular flexibility index (Phi) is 3.48. The summed E-state index contributed by atoms with van der Waals surface area (Å²) in [6.45, 7) is 6.26. The molecule has 0 bridgehead atoms. The predicted octanol–water partition coefficient (Wildman–Crippen LogP) is 5.60. The Morgan fingerprint density at radius 3 is 2.75 bits per heavy atom. The maximum absolute atomic E-state index is 2.39. The van der Waals surface area contributed by atoms with E-state index < -0.39 is 0 Å². The zero-order valence-electron chi connectivity index (χ0n) is 12.6. The van der Waals surface area contributed by atoms with Gasteiger partial charge < -0.3 is 0 Å². The normalized spacial score (nSPS) is 24.9. The second-order valence-electron chi connectivity index (χ2n) is 5.27. The molecule has 4 aliphatic carbocycles. The average Bonchev–Trinajstić information content (AvgIpc) is 2.54. The van der Waals surface area contributed by atoms with Crippen LogP contribution >= 0.6 is 0 Å². The van der Waals surface area contributed by atoms with Gasteiger partial charge >= 0.3 is 0 Å². The summed E-state index contributed by atoms with van der Waals surface area (Å²) in [7, 11) is 0. The molecule has 1 unspecified atom stereocenters. The Balaban J connectivity index is 0.000000581. The molecule has 4 aliphatic rings. The second-order valence-corrected chi connectivity index (χ2v) is 5.27. The van der Waals surface area contributed by atoms with Crippen LogP contribution in [0.2, 0.25) is 0 Å². The molecule has 0 heterocycles. The lowest BCUT2D eigenvalue weighted by Crippen LogP contribution is -2.22. The smallest absolute Gasteiger partial charge is 0.0351 e. The summed E-state index contributed by atoms with van der Waals surface area (Å²) in [4.78, 5) is 0. The lowest BCUT2D eigenvalue weighted by Gasteiger charge is -2.36. The standard InChI is InChI=1S/C18H16.C2H6/c1-2-12-11-15-7-3-5-13-9-10-14-6-4-8-16(12)18(14)17(13)15;1-2/h3-4,6-11,18H,2,5H2,1H3;1-2H3. The maximum atomic E-state index is 2.39. The molecular weight excluding hydrogens is 240 g/mol. The molecule has 20 heavy (non-hydrogen) atoms. The van der Waals surface area contributed by atoms with Gasteiger partial charge in [0.15, 0.2) is 0 Å². The van der Waals surface area contributed by atoms with Crippen molar-refractivity contribution < 1.29 is 0 Å². The molecule has 0 aromatic rings. The highest BCUT2D eigenvalue weighted by molar-refractivity contribution is 5.68. The molecule has 1 atom stereocenters. The topological polar surface area (TPSA) is 0 Å². The number of hydrogen-bond donors (Lipinski definition) is 0. The van der Waals surface area contributed by atoms with Crippen molar-refractivity contribution in [2.75, 3.05) is 0 Å². The van der Waals surface area contributed by atoms with E-state index in [4.69, 9.17) is 0 Å². The molecule has 0 spiro atoms. The van der Waals surface area contributed by atoms with Crippen LogP contribution in [-0.4, -0.2) is 0 Å². The van der Waals surface area contributed by atoms with Crippen LogP contribution in [-0.2, 0) is 0 Å². The summed E-state index contributed by atoms with van der Waals surface area (Å²) in [6, 6.07) is 0. The zero-order valence-corrected chi connectivity index (χ0v) is 12.6. The first-order chi connectivity index (χ1) is 9.88. The Morgan fingerprint density at radius 2 is 1.95 bits per heavy atom. The van der Waals surface area contributed by atoms with Crippen LogP contribution in [0.15, 0.2) is 82.0 Å². The van der Waals surface area contributed by atoms with E-state index >= 15 is 0 Å². The minimum Gasteiger partial charge on any atom is -0.0795 e. The SMILES string of the molecule is CC.CCC1=C2C=CC=C3C=CC4=C(C(=C1)C=CC4)C32. The van der Waals surface area contributed by atoms with Crippen molar-refractivity contribution in [3.05, 3.63) is 82.0 Å². The molecule has 102 valence electrons. The molecule has 0 amide bonds. The van der Waals surface area contributed by atoms with Crippen LogP contribution < -0.4 is 0 Å². The summed E-state index contributed by atoms with van der Waals surface area (Å²) in [5, 5.41) is 0. The maximum Gasteiger partial charge on any atom is 0.0351 e. The molecule has 0 nitrogen and oxygen atoms in total. The van der Waals surface area contributed by atoms with Gasteiger partial charge in [-0.05, 0) is 46.3 Å². The first-order valence-corrected chi connectivity index (χ1v) is 7.79. The molecule has 0 aliphatic heterocycles. The first kappa shape index (κ1) is 13.2. The van der Waals surface area contributed by atoms with E-state index in [1.807, 2.05) is 13.8 Å². The van der Waals surface area contributed by atoms with Gasteiger partial charge in [-0.15, -0.1) is 0 Å². The molecular formula is C20H22. The highest BCUT2D eigenvalue weighted by Crippen LogP contribution is 2.48. The van der Waals surface area contributed by atoms with Crippen molar-refractivity contribution in [3.63, 3.8) is 0 Å². The summed E-state index contributed by atoms with van der Waals surface area (Å²) in [6.07, 6.45) is 20.6. The first-order valence-electron chi connectivity index (χ1n) is 7.79. The van der Waals surface area contributed by atoms with Crippen molar-refractivity contribution in [2.24, 2.45) is 5.92 Å². The van der Waals surface area contributed by atoms with E-state index in [-0.39, 0.29) is 0 Å². The summed E-state index contributed by atoms with van der Waals surface area (Å²) in [5.41, 5.74) is 8.98. The fourth-order valence-electron chi connectivity index (χ4n) is 3.51. The fraction of sp³-hybridized carbons (Fsp3) is 0.300. The predicted molar refractivity (Wildman–Crippen MR) is 87.4 cm³/mol. The van der Waals surface area contributed by atoms with E-state index in [2.05, 4.69) is 55.5 Å². The van der Waals surface area contributed by atoms with Gasteiger partial charge in [0.1, 0.15) is 0 Å². The van der Waals surface area contributed by atoms with Crippen LogP contribution in [0.5, 0.6) is 0 Å². The van der Waals surface area contributed by atoms with Crippen molar-refractivity contribution in [1.82, 2.24) is 0 Å². The van der Waals surface area contributed by atoms with Crippen LogP contribution in [0.25, 0.3) is 0 Å². The van der Waals surface area contributed by atoms with Gasteiger partial charge in [0, 0.05) is 5.92 Å². The number of allylic oxidation sites excluding steroid dienone is 14. The molecule has 0 radical (unpaired) electrons. The highest BCUT2D eigenvalue weighted by Gasteiger charge is 2.33. The Hall–Kier alpha value is -1.82. The van der Waals surface area contributed by atoms with Gasteiger partial charge in [0.25, 0.3) is 0 Å². The lowest BCUT2D eigenvalue weighted by molar-refractivity contribution is 0.814. The van der Waals surface area contributed by atoms with E-state index in [1.165, 1.54) is 27.9 Å². The van der Waals surface area contributed by atoms with Gasteiger partial charge in [0.2, 0.25) is 0 Å². The lowest BCUT2D eigenvalue weighted by atomic mass is 9.67. The number of rotatable bonds is 1. The van der Waals surface area contributed by atoms with E-state index in [9.17, 15) is 0 Å². The summed E-state index contributed by atoms with van der Waals surface area (Å²) < 4.78 is 0. The zero-order chi connectivity index (χ0) is 14.1. The fourth-order valence-corrected chi connectivity index (χ4v) is 3.51. The third-order valence-corrected chi connectivity index (χ3v) is 4.35. The van der Waals surface area contributed by atoms with Gasteiger partial charge in [-0.1, -0.05) is 69.4 Å². The molecule has 0 saturated heterocycles. The molecule has 0 heteroatoms. The average molecular weight is 262 g/mol. The van der Waals surface area contributed by atoms with Gasteiger partial charge in [0.05, 0.1) is 0 Å². The Labute approximate surface area is 122 Å². The molecule has 0 fully saturated rings. The minimum absolute atomic E-state index is 0.509. The molecule has 0 N–H and O–H groups in total. The van der Waals surface area contributed by atoms with E-state index in [0.717, 1.165) is 12.8 Å². The Bertz CT molecular complexity index is 640. The van der Waals surface area contributed by atoms with Gasteiger partial charge in [-0.25, -0.2) is 0 Å². The van der Waals surface area contributed by atoms with E-state index in [0.29, 0.717) is 5.92 Å². The van der Waals surface area contributed by atoms with Gasteiger partial charge in [-0.3, -0.25) is 0 Å². The van der Waals surface area contributed by atoms with Crippen molar-refractivity contribution in [2.45, 2.75) is 33.6 Å². The monoisotopic (exact) mass is 262 g/mol. The quantitative estimate of drug-likeness (QED) is 0.577. The van der Waals surface area contributed by atoms with E-state index in [1.54, 1.807) is 5.57 Å². The largest absolute Gasteiger partial charge is 0.0795 e. The molecule has 0 saturated carbocycles. The van der Waals surface area contributed by atoms with Gasteiger partial charge in [-0.2, -0.15) is 0 Å². The molecule has 0 aromatic heterocycles.